The highest BCUT2D eigenvalue weighted by Crippen LogP contribution is 2.17. The Morgan fingerprint density at radius 3 is 2.00 bits per heavy atom. The van der Waals surface area contributed by atoms with Gasteiger partial charge in [0.25, 0.3) is 0 Å². The van der Waals surface area contributed by atoms with Gasteiger partial charge in [0.05, 0.1) is 0 Å². The molecule has 0 aliphatic heterocycles. The molecule has 1 unspecified atom stereocenters. The number of hydrogen-bond acceptors (Lipinski definition) is 2. The summed E-state index contributed by atoms with van der Waals surface area (Å²) in [6, 6.07) is 0.718. The molecule has 0 spiro atoms. The summed E-state index contributed by atoms with van der Waals surface area (Å²) in [6.07, 6.45) is 6.55. The van der Waals surface area contributed by atoms with E-state index in [1.807, 2.05) is 0 Å². The van der Waals surface area contributed by atoms with E-state index >= 15 is 0 Å². The van der Waals surface area contributed by atoms with Crippen LogP contribution < -0.4 is 5.32 Å². The van der Waals surface area contributed by atoms with Gasteiger partial charge in [-0.3, -0.25) is 0 Å². The summed E-state index contributed by atoms with van der Waals surface area (Å²) in [5.41, 5.74) is 0. The Kier molecular flexibility index (Phi) is 11.9. The molecule has 0 rings (SSSR count). The third-order valence-electron chi connectivity index (χ3n) is 4.14. The highest BCUT2D eigenvalue weighted by atomic mass is 15.1. The Morgan fingerprint density at radius 2 is 1.56 bits per heavy atom. The van der Waals surface area contributed by atoms with Crippen LogP contribution in [0.15, 0.2) is 0 Å². The predicted octanol–water partition coefficient (Wildman–Crippen LogP) is 3.91. The first-order valence-electron chi connectivity index (χ1n) is 8.17. The fraction of sp³-hybridized carbons (Fsp3) is 1.00. The molecule has 0 bridgehead atoms. The van der Waals surface area contributed by atoms with E-state index in [0.29, 0.717) is 0 Å². The lowest BCUT2D eigenvalue weighted by atomic mass is 9.93. The molecule has 0 aliphatic rings. The number of rotatable bonds is 12. The van der Waals surface area contributed by atoms with Crippen LogP contribution in [0.1, 0.15) is 66.7 Å². The first kappa shape index (κ1) is 17.9. The maximum atomic E-state index is 3.75. The lowest BCUT2D eigenvalue weighted by Crippen LogP contribution is -2.36. The molecule has 0 radical (unpaired) electrons. The lowest BCUT2D eigenvalue weighted by molar-refractivity contribution is 0.263. The first-order valence-corrected chi connectivity index (χ1v) is 8.17. The molecule has 0 heterocycles. The van der Waals surface area contributed by atoms with Gasteiger partial charge >= 0.3 is 0 Å². The van der Waals surface area contributed by atoms with E-state index in [9.17, 15) is 0 Å². The minimum atomic E-state index is 0.718. The van der Waals surface area contributed by atoms with Crippen molar-refractivity contribution in [3.05, 3.63) is 0 Å². The van der Waals surface area contributed by atoms with Gasteiger partial charge in [-0.05, 0) is 51.4 Å². The van der Waals surface area contributed by atoms with Crippen LogP contribution in [-0.2, 0) is 0 Å². The van der Waals surface area contributed by atoms with Crippen LogP contribution in [0.2, 0.25) is 0 Å². The molecular formula is C16H36N2. The van der Waals surface area contributed by atoms with E-state index in [1.54, 1.807) is 0 Å². The van der Waals surface area contributed by atoms with Crippen molar-refractivity contribution in [1.29, 1.82) is 0 Å². The van der Waals surface area contributed by atoms with Gasteiger partial charge in [-0.2, -0.15) is 0 Å². The minimum Gasteiger partial charge on any atom is -0.314 e. The van der Waals surface area contributed by atoms with Crippen LogP contribution in [0.5, 0.6) is 0 Å². The predicted molar refractivity (Wildman–Crippen MR) is 83.2 cm³/mol. The van der Waals surface area contributed by atoms with Gasteiger partial charge in [0.2, 0.25) is 0 Å². The van der Waals surface area contributed by atoms with Crippen molar-refractivity contribution in [3.8, 4) is 0 Å². The zero-order valence-corrected chi connectivity index (χ0v) is 13.5. The molecule has 1 atom stereocenters. The highest BCUT2D eigenvalue weighted by Gasteiger charge is 2.14. The normalized spacial score (nSPS) is 13.5. The van der Waals surface area contributed by atoms with E-state index in [4.69, 9.17) is 0 Å². The lowest BCUT2D eigenvalue weighted by Gasteiger charge is -2.26. The summed E-state index contributed by atoms with van der Waals surface area (Å²) in [6.45, 7) is 16.2. The molecule has 1 N–H and O–H groups in total. The Morgan fingerprint density at radius 1 is 0.944 bits per heavy atom. The molecule has 2 nitrogen and oxygen atoms in total. The molecule has 18 heavy (non-hydrogen) atoms. The van der Waals surface area contributed by atoms with Crippen molar-refractivity contribution in [2.75, 3.05) is 26.2 Å². The van der Waals surface area contributed by atoms with Gasteiger partial charge in [0.15, 0.2) is 0 Å². The van der Waals surface area contributed by atoms with Crippen molar-refractivity contribution in [2.45, 2.75) is 72.8 Å². The first-order chi connectivity index (χ1) is 8.71. The molecule has 0 saturated carbocycles. The van der Waals surface area contributed by atoms with E-state index in [2.05, 4.69) is 44.8 Å². The number of hydrogen-bond donors (Lipinski definition) is 1. The van der Waals surface area contributed by atoms with Gasteiger partial charge in [-0.15, -0.1) is 0 Å². The minimum absolute atomic E-state index is 0.718. The van der Waals surface area contributed by atoms with Gasteiger partial charge in [0.1, 0.15) is 0 Å². The Bertz CT molecular complexity index is 162. The summed E-state index contributed by atoms with van der Waals surface area (Å²) < 4.78 is 0. The van der Waals surface area contributed by atoms with Crippen LogP contribution >= 0.6 is 0 Å². The molecule has 110 valence electrons. The van der Waals surface area contributed by atoms with E-state index in [1.165, 1.54) is 58.3 Å². The Balaban J connectivity index is 4.11. The Hall–Kier alpha value is -0.0800. The molecule has 0 saturated heterocycles. The van der Waals surface area contributed by atoms with Crippen LogP contribution in [0.4, 0.5) is 0 Å². The molecular weight excluding hydrogens is 220 g/mol. The Labute approximate surface area is 116 Å². The topological polar surface area (TPSA) is 15.3 Å². The summed E-state index contributed by atoms with van der Waals surface area (Å²) in [7, 11) is 0. The highest BCUT2D eigenvalue weighted by molar-refractivity contribution is 4.72. The fourth-order valence-electron chi connectivity index (χ4n) is 2.55. The second kappa shape index (κ2) is 12.0. The van der Waals surface area contributed by atoms with Crippen LogP contribution in [0.3, 0.4) is 0 Å². The molecule has 2 heteroatoms. The fourth-order valence-corrected chi connectivity index (χ4v) is 2.55. The zero-order valence-electron chi connectivity index (χ0n) is 13.5. The molecule has 0 aromatic rings. The van der Waals surface area contributed by atoms with Crippen molar-refractivity contribution in [3.63, 3.8) is 0 Å². The second-order valence-corrected chi connectivity index (χ2v) is 5.38. The largest absolute Gasteiger partial charge is 0.314 e. The SMILES string of the molecule is CCCNC(CCN(CC)CC)CC(CC)CC. The summed E-state index contributed by atoms with van der Waals surface area (Å²) in [4.78, 5) is 2.54. The molecule has 0 amide bonds. The summed E-state index contributed by atoms with van der Waals surface area (Å²) in [5.74, 6) is 0.899. The van der Waals surface area contributed by atoms with Gasteiger partial charge in [-0.25, -0.2) is 0 Å². The number of nitrogens with zero attached hydrogens (tertiary/aromatic N) is 1. The third-order valence-corrected chi connectivity index (χ3v) is 4.14. The third kappa shape index (κ3) is 8.10. The molecule has 0 aromatic carbocycles. The average Bonchev–Trinajstić information content (AvgIpc) is 2.42. The van der Waals surface area contributed by atoms with Crippen LogP contribution in [0.25, 0.3) is 0 Å². The van der Waals surface area contributed by atoms with Crippen molar-refractivity contribution in [2.24, 2.45) is 5.92 Å². The number of nitrogens with one attached hydrogen (secondary N) is 1. The zero-order chi connectivity index (χ0) is 13.8. The van der Waals surface area contributed by atoms with E-state index < -0.39 is 0 Å². The van der Waals surface area contributed by atoms with Gasteiger partial charge in [0, 0.05) is 6.04 Å². The maximum Gasteiger partial charge on any atom is 0.00818 e. The summed E-state index contributed by atoms with van der Waals surface area (Å²) in [5, 5.41) is 3.75. The van der Waals surface area contributed by atoms with E-state index in [-0.39, 0.29) is 0 Å². The van der Waals surface area contributed by atoms with Gasteiger partial charge in [-0.1, -0.05) is 47.5 Å². The summed E-state index contributed by atoms with van der Waals surface area (Å²) >= 11 is 0. The molecule has 0 aromatic heterocycles. The van der Waals surface area contributed by atoms with Crippen molar-refractivity contribution in [1.82, 2.24) is 10.2 Å². The van der Waals surface area contributed by atoms with Gasteiger partial charge < -0.3 is 10.2 Å². The standard InChI is InChI=1S/C16H36N2/c1-6-12-17-16(14-15(7-2)8-3)11-13-18(9-4)10-5/h15-17H,6-14H2,1-5H3. The van der Waals surface area contributed by atoms with Crippen LogP contribution in [-0.4, -0.2) is 37.1 Å². The smallest absolute Gasteiger partial charge is 0.00818 e. The second-order valence-electron chi connectivity index (χ2n) is 5.38. The van der Waals surface area contributed by atoms with E-state index in [0.717, 1.165) is 12.0 Å². The monoisotopic (exact) mass is 256 g/mol. The molecule has 0 fully saturated rings. The quantitative estimate of drug-likeness (QED) is 0.569. The maximum absolute atomic E-state index is 3.75. The van der Waals surface area contributed by atoms with Crippen molar-refractivity contribution < 1.29 is 0 Å². The van der Waals surface area contributed by atoms with Crippen molar-refractivity contribution >= 4 is 0 Å². The van der Waals surface area contributed by atoms with Crippen LogP contribution in [0, 0.1) is 5.92 Å². The molecule has 0 aliphatic carbocycles. The average molecular weight is 256 g/mol.